The summed E-state index contributed by atoms with van der Waals surface area (Å²) in [7, 11) is 0. The molecule has 150 valence electrons. The third-order valence-corrected chi connectivity index (χ3v) is 6.21. The van der Waals surface area contributed by atoms with Crippen molar-refractivity contribution < 1.29 is 4.79 Å². The molecule has 2 aliphatic rings. The van der Waals surface area contributed by atoms with Crippen molar-refractivity contribution in [1.29, 1.82) is 0 Å². The van der Waals surface area contributed by atoms with Crippen LogP contribution in [0.3, 0.4) is 0 Å². The number of hydrogen-bond donors (Lipinski definition) is 0. The molecule has 3 heteroatoms. The topological polar surface area (TPSA) is 32.7 Å². The molecule has 0 amide bonds. The highest BCUT2D eigenvalue weighted by atomic mass is 16.1. The van der Waals surface area contributed by atoms with Crippen LogP contribution >= 0.6 is 0 Å². The van der Waals surface area contributed by atoms with Gasteiger partial charge in [0.05, 0.1) is 0 Å². The highest BCUT2D eigenvalue weighted by Crippen LogP contribution is 2.27. The molecule has 0 saturated heterocycles. The molecule has 0 aromatic rings. The second kappa shape index (κ2) is 11.4. The van der Waals surface area contributed by atoms with Crippen molar-refractivity contribution in [2.24, 2.45) is 16.8 Å². The van der Waals surface area contributed by atoms with Crippen molar-refractivity contribution in [1.82, 2.24) is 4.90 Å². The third-order valence-electron chi connectivity index (χ3n) is 6.21. The van der Waals surface area contributed by atoms with Crippen molar-refractivity contribution in [2.45, 2.75) is 72.3 Å². The number of ketones is 1. The molecule has 2 rings (SSSR count). The lowest BCUT2D eigenvalue weighted by Crippen LogP contribution is -2.38. The fourth-order valence-corrected chi connectivity index (χ4v) is 4.18. The van der Waals surface area contributed by atoms with Crippen molar-refractivity contribution in [3.63, 3.8) is 0 Å². The standard InChI is InChI=1S/C24H38N2O/c1-5-20-10-12-21(13-11-20)19(4)9-8-16-25-18-22-14-15-23(17-24(22)27)26(6-2)7-3/h10-12,14,18-19,21,23H,5-9,13,15-17H2,1-4H3. The van der Waals surface area contributed by atoms with Gasteiger partial charge in [-0.3, -0.25) is 9.79 Å². The van der Waals surface area contributed by atoms with E-state index in [1.807, 2.05) is 6.21 Å². The third kappa shape index (κ3) is 6.57. The van der Waals surface area contributed by atoms with Crippen molar-refractivity contribution >= 4 is 12.0 Å². The monoisotopic (exact) mass is 370 g/mol. The van der Waals surface area contributed by atoms with Crippen LogP contribution in [0.25, 0.3) is 0 Å². The van der Waals surface area contributed by atoms with Gasteiger partial charge in [0.1, 0.15) is 0 Å². The van der Waals surface area contributed by atoms with Crippen LogP contribution in [0.15, 0.2) is 40.4 Å². The van der Waals surface area contributed by atoms with E-state index in [1.54, 1.807) is 0 Å². The summed E-state index contributed by atoms with van der Waals surface area (Å²) in [6, 6.07) is 0.372. The Kier molecular flexibility index (Phi) is 9.20. The average molecular weight is 371 g/mol. The van der Waals surface area contributed by atoms with E-state index in [1.165, 1.54) is 18.4 Å². The van der Waals surface area contributed by atoms with E-state index in [-0.39, 0.29) is 5.78 Å². The van der Waals surface area contributed by atoms with Gasteiger partial charge in [0, 0.05) is 30.8 Å². The lowest BCUT2D eigenvalue weighted by Gasteiger charge is -2.30. The molecule has 0 radical (unpaired) electrons. The van der Waals surface area contributed by atoms with E-state index >= 15 is 0 Å². The predicted octanol–water partition coefficient (Wildman–Crippen LogP) is 5.39. The second-order valence-corrected chi connectivity index (χ2v) is 7.94. The first-order chi connectivity index (χ1) is 13.1. The Hall–Kier alpha value is -1.48. The van der Waals surface area contributed by atoms with Crippen LogP contribution < -0.4 is 0 Å². The molecule has 0 heterocycles. The van der Waals surface area contributed by atoms with E-state index in [2.05, 4.69) is 61.9 Å². The maximum atomic E-state index is 12.4. The first-order valence-corrected chi connectivity index (χ1v) is 10.9. The van der Waals surface area contributed by atoms with E-state index in [0.717, 1.165) is 44.5 Å². The van der Waals surface area contributed by atoms with Crippen molar-refractivity contribution in [3.05, 3.63) is 35.5 Å². The van der Waals surface area contributed by atoms with Gasteiger partial charge < -0.3 is 4.90 Å². The highest BCUT2D eigenvalue weighted by Gasteiger charge is 2.24. The Morgan fingerprint density at radius 1 is 1.22 bits per heavy atom. The van der Waals surface area contributed by atoms with Crippen molar-refractivity contribution in [2.75, 3.05) is 19.6 Å². The quantitative estimate of drug-likeness (QED) is 0.382. The normalized spacial score (nSPS) is 24.4. The number of hydrogen-bond acceptors (Lipinski definition) is 3. The van der Waals surface area contributed by atoms with Gasteiger partial charge in [0.25, 0.3) is 0 Å². The van der Waals surface area contributed by atoms with E-state index in [9.17, 15) is 4.79 Å². The summed E-state index contributed by atoms with van der Waals surface area (Å²) in [6.07, 6.45) is 17.2. The van der Waals surface area contributed by atoms with Crippen LogP contribution in [-0.2, 0) is 4.79 Å². The molecule has 3 nitrogen and oxygen atoms in total. The van der Waals surface area contributed by atoms with Crippen LogP contribution in [0.5, 0.6) is 0 Å². The molecule has 3 atom stereocenters. The fourth-order valence-electron chi connectivity index (χ4n) is 4.18. The van der Waals surface area contributed by atoms with Gasteiger partial charge in [0.2, 0.25) is 0 Å². The molecule has 3 unspecified atom stereocenters. The van der Waals surface area contributed by atoms with Gasteiger partial charge in [-0.05, 0) is 57.0 Å². The van der Waals surface area contributed by atoms with Crippen LogP contribution in [0, 0.1) is 11.8 Å². The Labute approximate surface area is 166 Å². The van der Waals surface area contributed by atoms with Crippen molar-refractivity contribution in [3.8, 4) is 0 Å². The summed E-state index contributed by atoms with van der Waals surface area (Å²) in [4.78, 5) is 19.3. The van der Waals surface area contributed by atoms with E-state index < -0.39 is 0 Å². The lowest BCUT2D eigenvalue weighted by molar-refractivity contribution is -0.116. The Morgan fingerprint density at radius 2 is 2.00 bits per heavy atom. The van der Waals surface area contributed by atoms with Gasteiger partial charge >= 0.3 is 0 Å². The number of allylic oxidation sites excluding steroid dienone is 5. The Morgan fingerprint density at radius 3 is 2.59 bits per heavy atom. The summed E-state index contributed by atoms with van der Waals surface area (Å²) in [6.45, 7) is 11.7. The highest BCUT2D eigenvalue weighted by molar-refractivity contribution is 6.14. The zero-order valence-corrected chi connectivity index (χ0v) is 17.8. The second-order valence-electron chi connectivity index (χ2n) is 7.94. The van der Waals surface area contributed by atoms with Crippen LogP contribution in [0.4, 0.5) is 0 Å². The number of Topliss-reactive ketones (excluding diaryl/α,β-unsaturated/α-hetero) is 1. The number of nitrogens with zero attached hydrogens (tertiary/aromatic N) is 2. The Bertz CT molecular complexity index is 596. The maximum absolute atomic E-state index is 12.4. The number of carbonyl (C=O) groups excluding carboxylic acids is 1. The minimum absolute atomic E-state index is 0.251. The van der Waals surface area contributed by atoms with Gasteiger partial charge in [0.15, 0.2) is 5.78 Å². The SMILES string of the molecule is CCC1=CCC(C(C)CCCN=CC2=CCC(N(CC)CC)CC2=O)C=C1. The van der Waals surface area contributed by atoms with Crippen LogP contribution in [-0.4, -0.2) is 42.6 Å². The molecule has 0 spiro atoms. The fraction of sp³-hybridized carbons (Fsp3) is 0.667. The molecule has 27 heavy (non-hydrogen) atoms. The van der Waals surface area contributed by atoms with Gasteiger partial charge in [-0.25, -0.2) is 0 Å². The maximum Gasteiger partial charge on any atom is 0.165 e. The predicted molar refractivity (Wildman–Crippen MR) is 116 cm³/mol. The number of carbonyl (C=O) groups is 1. The first kappa shape index (κ1) is 21.8. The molecule has 0 N–H and O–H groups in total. The summed E-state index contributed by atoms with van der Waals surface area (Å²) < 4.78 is 0. The minimum Gasteiger partial charge on any atom is -0.300 e. The number of aliphatic imine (C=N–C) groups is 1. The molecule has 0 aromatic heterocycles. The van der Waals surface area contributed by atoms with E-state index in [0.29, 0.717) is 24.3 Å². The molecule has 0 fully saturated rings. The largest absolute Gasteiger partial charge is 0.300 e. The summed E-state index contributed by atoms with van der Waals surface area (Å²) in [5, 5.41) is 0. The molecule has 2 aliphatic carbocycles. The average Bonchev–Trinajstić information content (AvgIpc) is 2.70. The first-order valence-electron chi connectivity index (χ1n) is 10.9. The van der Waals surface area contributed by atoms with Gasteiger partial charge in [-0.15, -0.1) is 0 Å². The van der Waals surface area contributed by atoms with Crippen LogP contribution in [0.1, 0.15) is 66.2 Å². The molecule has 0 bridgehead atoms. The van der Waals surface area contributed by atoms with Crippen LogP contribution in [0.2, 0.25) is 0 Å². The molecular formula is C24H38N2O. The molecule has 0 aromatic carbocycles. The smallest absolute Gasteiger partial charge is 0.165 e. The Balaban J connectivity index is 1.71. The molecular weight excluding hydrogens is 332 g/mol. The number of rotatable bonds is 10. The molecule has 0 aliphatic heterocycles. The van der Waals surface area contributed by atoms with Gasteiger partial charge in [-0.2, -0.15) is 0 Å². The lowest BCUT2D eigenvalue weighted by atomic mass is 9.83. The zero-order valence-electron chi connectivity index (χ0n) is 17.8. The summed E-state index contributed by atoms with van der Waals surface area (Å²) >= 11 is 0. The van der Waals surface area contributed by atoms with E-state index in [4.69, 9.17) is 0 Å². The molecule has 0 saturated carbocycles. The zero-order chi connectivity index (χ0) is 19.6. The minimum atomic E-state index is 0.251. The van der Waals surface area contributed by atoms with Gasteiger partial charge in [-0.1, -0.05) is 57.6 Å². The summed E-state index contributed by atoms with van der Waals surface area (Å²) in [5.41, 5.74) is 2.29. The summed E-state index contributed by atoms with van der Waals surface area (Å²) in [5.74, 6) is 1.61.